The molecular formula is C19H21FO6. The van der Waals surface area contributed by atoms with E-state index < -0.39 is 35.9 Å². The minimum Gasteiger partial charge on any atom is -0.507 e. The van der Waals surface area contributed by atoms with Gasteiger partial charge in [-0.3, -0.25) is 4.79 Å². The first kappa shape index (κ1) is 19.8. The van der Waals surface area contributed by atoms with Crippen molar-refractivity contribution < 1.29 is 34.0 Å². The van der Waals surface area contributed by atoms with Crippen molar-refractivity contribution in [3.05, 3.63) is 46.8 Å². The lowest BCUT2D eigenvalue weighted by molar-refractivity contribution is -0.130. The predicted octanol–water partition coefficient (Wildman–Crippen LogP) is 2.20. The van der Waals surface area contributed by atoms with Gasteiger partial charge in [-0.1, -0.05) is 18.2 Å². The Balaban J connectivity index is 2.46. The van der Waals surface area contributed by atoms with Crippen molar-refractivity contribution in [2.75, 3.05) is 0 Å². The molecule has 3 N–H and O–H groups in total. The van der Waals surface area contributed by atoms with Crippen molar-refractivity contribution in [1.29, 1.82) is 0 Å². The van der Waals surface area contributed by atoms with Crippen LogP contribution in [0.3, 0.4) is 0 Å². The van der Waals surface area contributed by atoms with E-state index in [2.05, 4.69) is 0 Å². The number of hydrogen-bond donors (Lipinski definition) is 3. The lowest BCUT2D eigenvalue weighted by Crippen LogP contribution is -2.34. The van der Waals surface area contributed by atoms with Crippen molar-refractivity contribution in [3.63, 3.8) is 0 Å². The number of cyclic esters (lactones) is 1. The predicted molar refractivity (Wildman–Crippen MR) is 92.2 cm³/mol. The molecule has 1 aromatic carbocycles. The number of halogens is 1. The number of benzene rings is 1. The summed E-state index contributed by atoms with van der Waals surface area (Å²) in [7, 11) is 0. The summed E-state index contributed by atoms with van der Waals surface area (Å²) in [6.45, 7) is 3.24. The lowest BCUT2D eigenvalue weighted by Gasteiger charge is -2.17. The number of carbonyl (C=O) groups is 2. The number of phenols is 1. The molecule has 0 saturated heterocycles. The molecule has 140 valence electrons. The molecule has 0 aliphatic carbocycles. The SMILES string of the molecule is Cc1cc(O)c2c(c1)/C=C/C[C@H](O)[C@H](O)C(=O)C(F)=CCC(C)OC2=O. The van der Waals surface area contributed by atoms with E-state index in [0.29, 0.717) is 11.1 Å². The van der Waals surface area contributed by atoms with Crippen LogP contribution >= 0.6 is 0 Å². The van der Waals surface area contributed by atoms with Crippen LogP contribution in [0, 0.1) is 6.92 Å². The summed E-state index contributed by atoms with van der Waals surface area (Å²) in [6, 6.07) is 3.06. The molecule has 26 heavy (non-hydrogen) atoms. The standard InChI is InChI=1S/C19H21FO6/c1-10-8-12-4-3-5-14(21)18(24)17(23)13(20)7-6-11(2)26-19(25)16(12)15(22)9-10/h3-4,7-9,11,14,18,21-22,24H,5-6H2,1-2H3/b4-3+,13-7?/t11?,14-,18-/m0/s1. The van der Waals surface area contributed by atoms with Crippen LogP contribution in [-0.2, 0) is 9.53 Å². The van der Waals surface area contributed by atoms with E-state index in [9.17, 15) is 29.3 Å². The summed E-state index contributed by atoms with van der Waals surface area (Å²) < 4.78 is 19.0. The third-order valence-corrected chi connectivity index (χ3v) is 3.98. The first-order valence-corrected chi connectivity index (χ1v) is 8.17. The Morgan fingerprint density at radius 1 is 1.19 bits per heavy atom. The molecule has 1 heterocycles. The number of phenolic OH excluding ortho intramolecular Hbond substituents is 1. The zero-order valence-electron chi connectivity index (χ0n) is 14.5. The normalized spacial score (nSPS) is 26.3. The smallest absolute Gasteiger partial charge is 0.342 e. The van der Waals surface area contributed by atoms with Crippen LogP contribution in [-0.4, -0.2) is 45.4 Å². The van der Waals surface area contributed by atoms with Gasteiger partial charge in [-0.05, 0) is 43.5 Å². The van der Waals surface area contributed by atoms with Crippen LogP contribution in [0.5, 0.6) is 5.75 Å². The Labute approximate surface area is 150 Å². The molecule has 0 bridgehead atoms. The average Bonchev–Trinajstić information content (AvgIpc) is 2.56. The topological polar surface area (TPSA) is 104 Å². The second-order valence-electron chi connectivity index (χ2n) is 6.27. The molecular weight excluding hydrogens is 343 g/mol. The maximum atomic E-state index is 13.8. The number of aliphatic hydroxyl groups excluding tert-OH is 2. The van der Waals surface area contributed by atoms with Gasteiger partial charge in [-0.25, -0.2) is 9.18 Å². The zero-order chi connectivity index (χ0) is 19.4. The molecule has 0 spiro atoms. The van der Waals surface area contributed by atoms with E-state index >= 15 is 0 Å². The van der Waals surface area contributed by atoms with Gasteiger partial charge in [-0.15, -0.1) is 0 Å². The van der Waals surface area contributed by atoms with Gasteiger partial charge >= 0.3 is 5.97 Å². The van der Waals surface area contributed by atoms with Crippen LogP contribution in [0.2, 0.25) is 0 Å². The summed E-state index contributed by atoms with van der Waals surface area (Å²) >= 11 is 0. The highest BCUT2D eigenvalue weighted by atomic mass is 19.1. The second kappa shape index (κ2) is 8.25. The number of Topliss-reactive ketones (excluding diaryl/α,β-unsaturated/α-hetero) is 1. The molecule has 1 aliphatic rings. The number of ketones is 1. The van der Waals surface area contributed by atoms with Crippen LogP contribution < -0.4 is 0 Å². The number of fused-ring (bicyclic) bond motifs is 1. The van der Waals surface area contributed by atoms with Crippen LogP contribution in [0.25, 0.3) is 6.08 Å². The fourth-order valence-electron chi connectivity index (χ4n) is 2.59. The molecule has 3 atom stereocenters. The zero-order valence-corrected chi connectivity index (χ0v) is 14.5. The molecule has 0 saturated carbocycles. The van der Waals surface area contributed by atoms with Crippen molar-refractivity contribution in [3.8, 4) is 5.75 Å². The molecule has 7 heteroatoms. The first-order valence-electron chi connectivity index (χ1n) is 8.17. The second-order valence-corrected chi connectivity index (χ2v) is 6.27. The van der Waals surface area contributed by atoms with E-state index in [1.165, 1.54) is 25.1 Å². The van der Waals surface area contributed by atoms with Gasteiger partial charge in [0.1, 0.15) is 23.5 Å². The minimum absolute atomic E-state index is 0.0497. The third-order valence-electron chi connectivity index (χ3n) is 3.98. The van der Waals surface area contributed by atoms with Gasteiger partial charge in [0.05, 0.1) is 6.10 Å². The van der Waals surface area contributed by atoms with E-state index in [0.717, 1.165) is 6.08 Å². The number of aryl methyl sites for hydroxylation is 1. The van der Waals surface area contributed by atoms with E-state index in [1.807, 2.05) is 0 Å². The molecule has 0 aromatic heterocycles. The van der Waals surface area contributed by atoms with Gasteiger partial charge in [0.15, 0.2) is 5.83 Å². The molecule has 0 fully saturated rings. The van der Waals surface area contributed by atoms with E-state index in [4.69, 9.17) is 4.74 Å². The highest BCUT2D eigenvalue weighted by molar-refractivity contribution is 5.98. The number of hydrogen-bond acceptors (Lipinski definition) is 6. The first-order chi connectivity index (χ1) is 12.2. The fraction of sp³-hybridized carbons (Fsp3) is 0.368. The highest BCUT2D eigenvalue weighted by Gasteiger charge is 2.27. The Bertz CT molecular complexity index is 768. The van der Waals surface area contributed by atoms with Gasteiger partial charge in [0, 0.05) is 6.42 Å². The van der Waals surface area contributed by atoms with Crippen molar-refractivity contribution in [2.45, 2.75) is 45.0 Å². The summed E-state index contributed by atoms with van der Waals surface area (Å²) in [6.07, 6.45) is -0.662. The minimum atomic E-state index is -1.90. The Morgan fingerprint density at radius 3 is 2.58 bits per heavy atom. The maximum Gasteiger partial charge on any atom is 0.342 e. The highest BCUT2D eigenvalue weighted by Crippen LogP contribution is 2.27. The molecule has 6 nitrogen and oxygen atoms in total. The van der Waals surface area contributed by atoms with Gasteiger partial charge in [0.25, 0.3) is 0 Å². The largest absolute Gasteiger partial charge is 0.507 e. The van der Waals surface area contributed by atoms with Gasteiger partial charge < -0.3 is 20.1 Å². The summed E-state index contributed by atoms with van der Waals surface area (Å²) in [5.74, 6) is -3.48. The Kier molecular flexibility index (Phi) is 6.28. The monoisotopic (exact) mass is 364 g/mol. The Morgan fingerprint density at radius 2 is 1.88 bits per heavy atom. The lowest BCUT2D eigenvalue weighted by atomic mass is 10.00. The molecule has 1 aliphatic heterocycles. The van der Waals surface area contributed by atoms with E-state index in [1.54, 1.807) is 13.0 Å². The van der Waals surface area contributed by atoms with Crippen molar-refractivity contribution >= 4 is 17.8 Å². The van der Waals surface area contributed by atoms with Gasteiger partial charge in [-0.2, -0.15) is 0 Å². The molecule has 0 amide bonds. The molecule has 1 aromatic rings. The van der Waals surface area contributed by atoms with Crippen molar-refractivity contribution in [1.82, 2.24) is 0 Å². The van der Waals surface area contributed by atoms with Crippen LogP contribution in [0.1, 0.15) is 41.3 Å². The summed E-state index contributed by atoms with van der Waals surface area (Å²) in [5, 5.41) is 29.8. The van der Waals surface area contributed by atoms with Crippen LogP contribution in [0.15, 0.2) is 30.1 Å². The third kappa shape index (κ3) is 4.56. The van der Waals surface area contributed by atoms with Gasteiger partial charge in [0.2, 0.25) is 5.78 Å². The number of esters is 1. The van der Waals surface area contributed by atoms with Crippen molar-refractivity contribution in [2.24, 2.45) is 0 Å². The number of rotatable bonds is 0. The molecule has 0 radical (unpaired) electrons. The van der Waals surface area contributed by atoms with E-state index in [-0.39, 0.29) is 24.2 Å². The summed E-state index contributed by atoms with van der Waals surface area (Å²) in [5.41, 5.74) is 1.02. The quantitative estimate of drug-likeness (QED) is 0.610. The Hall–Kier alpha value is -2.51. The fourth-order valence-corrected chi connectivity index (χ4v) is 2.59. The number of ether oxygens (including phenoxy) is 1. The molecule has 2 rings (SSSR count). The number of aliphatic hydroxyl groups is 2. The number of carbonyl (C=O) groups excluding carboxylic acids is 2. The average molecular weight is 364 g/mol. The van der Waals surface area contributed by atoms with Crippen LogP contribution in [0.4, 0.5) is 4.39 Å². The summed E-state index contributed by atoms with van der Waals surface area (Å²) in [4.78, 5) is 24.2. The maximum absolute atomic E-state index is 13.8. The number of aromatic hydroxyl groups is 1. The molecule has 1 unspecified atom stereocenters.